The molecule has 9 nitrogen and oxygen atoms in total. The van der Waals surface area contributed by atoms with Gasteiger partial charge in [0.2, 0.25) is 21.4 Å². The lowest BCUT2D eigenvalue weighted by Gasteiger charge is -2.14. The third kappa shape index (κ3) is 6.98. The number of carbonyl (C=O) groups excluding carboxylic acids is 2. The minimum atomic E-state index is -4.41. The van der Waals surface area contributed by atoms with Crippen LogP contribution in [0.2, 0.25) is 0 Å². The van der Waals surface area contributed by atoms with Crippen molar-refractivity contribution in [1.29, 1.82) is 0 Å². The number of benzene rings is 4. The summed E-state index contributed by atoms with van der Waals surface area (Å²) < 4.78 is 44.6. The number of aromatic nitrogens is 1. The molecule has 0 spiro atoms. The van der Waals surface area contributed by atoms with Gasteiger partial charge in [-0.05, 0) is 54.8 Å². The number of fused-ring (bicyclic) bond motifs is 2. The van der Waals surface area contributed by atoms with Gasteiger partial charge in [-0.3, -0.25) is 4.18 Å². The molecule has 1 aromatic heterocycles. The topological polar surface area (TPSA) is 123 Å². The van der Waals surface area contributed by atoms with E-state index >= 15 is 0 Å². The van der Waals surface area contributed by atoms with E-state index < -0.39 is 22.3 Å². The average molecular weight is 588 g/mol. The van der Waals surface area contributed by atoms with Crippen molar-refractivity contribution in [3.05, 3.63) is 119 Å². The van der Waals surface area contributed by atoms with Crippen molar-refractivity contribution in [2.24, 2.45) is 7.05 Å². The summed E-state index contributed by atoms with van der Waals surface area (Å²) in [7, 11) is -1.61. The summed E-state index contributed by atoms with van der Waals surface area (Å²) in [4.78, 5) is 26.3. The van der Waals surface area contributed by atoms with Crippen molar-refractivity contribution in [3.8, 4) is 5.75 Å². The van der Waals surface area contributed by atoms with Gasteiger partial charge in [-0.25, -0.2) is 18.0 Å². The molecular weight excluding hydrogens is 558 g/mol. The average Bonchev–Trinajstić information content (AvgIpc) is 2.98. The van der Waals surface area contributed by atoms with Crippen LogP contribution in [0.3, 0.4) is 0 Å². The zero-order chi connectivity index (χ0) is 30.4. The minimum absolute atomic E-state index is 0.195. The maximum absolute atomic E-state index is 13.6. The summed E-state index contributed by atoms with van der Waals surface area (Å²) >= 11 is 0. The fourth-order valence-electron chi connectivity index (χ4n) is 4.63. The Morgan fingerprint density at radius 2 is 1.26 bits per heavy atom. The normalized spacial score (nSPS) is 11.1. The van der Waals surface area contributed by atoms with Gasteiger partial charge in [0.1, 0.15) is 19.4 Å². The van der Waals surface area contributed by atoms with E-state index in [4.69, 9.17) is 9.47 Å². The lowest BCUT2D eigenvalue weighted by Crippen LogP contribution is -2.31. The van der Waals surface area contributed by atoms with Crippen LogP contribution in [-0.4, -0.2) is 32.0 Å². The van der Waals surface area contributed by atoms with E-state index in [0.717, 1.165) is 34.5 Å². The fraction of sp³-hybridized carbons (Fsp3) is 0.156. The number of esters is 2. The van der Waals surface area contributed by atoms with Crippen molar-refractivity contribution < 1.29 is 40.8 Å². The number of nitrogens with zero attached hydrogens (tertiary/aromatic N) is 1. The second-order valence-corrected chi connectivity index (χ2v) is 10.6. The monoisotopic (exact) mass is 587 g/mol. The Morgan fingerprint density at radius 1 is 0.786 bits per heavy atom. The highest BCUT2D eigenvalue weighted by Gasteiger charge is 2.25. The smallest absolute Gasteiger partial charge is 0.345 e. The Hall–Kier alpha value is -4.64. The van der Waals surface area contributed by atoms with Crippen molar-refractivity contribution in [1.82, 2.24) is 0 Å². The molecule has 5 rings (SSSR count). The number of rotatable bonds is 6. The number of pyridine rings is 1. The highest BCUT2D eigenvalue weighted by Crippen LogP contribution is 2.30. The summed E-state index contributed by atoms with van der Waals surface area (Å²) in [6, 6.07) is 28.5. The third-order valence-corrected chi connectivity index (χ3v) is 6.99. The molecule has 0 unspecified atom stereocenters. The first kappa shape index (κ1) is 30.3. The maximum atomic E-state index is 13.6. The Kier molecular flexibility index (Phi) is 9.31. The Bertz CT molecular complexity index is 1810. The van der Waals surface area contributed by atoms with E-state index in [1.54, 1.807) is 12.1 Å². The van der Waals surface area contributed by atoms with E-state index in [9.17, 15) is 22.6 Å². The van der Waals surface area contributed by atoms with Gasteiger partial charge in [-0.15, -0.1) is 0 Å². The van der Waals surface area contributed by atoms with Gasteiger partial charge in [-0.2, -0.15) is 4.57 Å². The van der Waals surface area contributed by atoms with E-state index in [1.807, 2.05) is 99.8 Å². The number of para-hydroxylation sites is 2. The maximum Gasteiger partial charge on any atom is 0.345 e. The van der Waals surface area contributed by atoms with Crippen molar-refractivity contribution in [2.75, 3.05) is 7.11 Å². The second kappa shape index (κ2) is 12.9. The molecule has 0 aliphatic rings. The van der Waals surface area contributed by atoms with Crippen molar-refractivity contribution in [3.63, 3.8) is 0 Å². The standard InChI is InChI=1S/C31H26NO4.CH4O4S/c1-20-17-23(30(33)35-19-22-11-5-4-6-12-22)18-21(2)29(20)36-31(34)28-24-13-7-9-15-26(24)32(3)27-16-10-8-14-25(27)28;1-5-6(2,3)4/h4-18H,19H2,1-3H3;1H3,(H,2,3,4)/q+1;/p-1. The summed E-state index contributed by atoms with van der Waals surface area (Å²) in [5, 5.41) is 1.64. The molecule has 0 bridgehead atoms. The van der Waals surface area contributed by atoms with Crippen LogP contribution in [0.4, 0.5) is 0 Å². The van der Waals surface area contributed by atoms with Crippen molar-refractivity contribution >= 4 is 44.1 Å². The van der Waals surface area contributed by atoms with Crippen LogP contribution in [0.5, 0.6) is 5.75 Å². The number of hydrogen-bond donors (Lipinski definition) is 0. The predicted octanol–water partition coefficient (Wildman–Crippen LogP) is 5.10. The summed E-state index contributed by atoms with van der Waals surface area (Å²) in [5.74, 6) is -0.412. The summed E-state index contributed by atoms with van der Waals surface area (Å²) in [6.07, 6.45) is 0. The molecule has 0 N–H and O–H groups in total. The second-order valence-electron chi connectivity index (χ2n) is 9.43. The third-order valence-electron chi connectivity index (χ3n) is 6.58. The molecule has 0 aliphatic carbocycles. The van der Waals surface area contributed by atoms with Gasteiger partial charge in [-0.1, -0.05) is 54.6 Å². The van der Waals surface area contributed by atoms with E-state index in [0.29, 0.717) is 28.0 Å². The summed E-state index contributed by atoms with van der Waals surface area (Å²) in [6.45, 7) is 3.84. The number of ether oxygens (including phenoxy) is 2. The Balaban J connectivity index is 0.000000612. The highest BCUT2D eigenvalue weighted by molar-refractivity contribution is 7.80. The van der Waals surface area contributed by atoms with Crippen LogP contribution in [-0.2, 0) is 33.0 Å². The van der Waals surface area contributed by atoms with Crippen LogP contribution in [0, 0.1) is 13.8 Å². The zero-order valence-corrected chi connectivity index (χ0v) is 24.3. The molecular formula is C32H29NO8S. The molecule has 0 fully saturated rings. The molecule has 0 saturated carbocycles. The summed E-state index contributed by atoms with van der Waals surface area (Å²) in [5.41, 5.74) is 5.10. The molecule has 0 amide bonds. The highest BCUT2D eigenvalue weighted by atomic mass is 32.3. The molecule has 0 aliphatic heterocycles. The molecule has 216 valence electrons. The molecule has 10 heteroatoms. The number of hydrogen-bond acceptors (Lipinski definition) is 8. The van der Waals surface area contributed by atoms with E-state index in [-0.39, 0.29) is 6.61 Å². The number of aryl methyl sites for hydroxylation is 3. The molecule has 42 heavy (non-hydrogen) atoms. The van der Waals surface area contributed by atoms with Gasteiger partial charge in [0.05, 0.1) is 29.0 Å². The van der Waals surface area contributed by atoms with E-state index in [1.165, 1.54) is 0 Å². The van der Waals surface area contributed by atoms with Gasteiger partial charge in [0.15, 0.2) is 0 Å². The van der Waals surface area contributed by atoms with Crippen LogP contribution >= 0.6 is 0 Å². The lowest BCUT2D eigenvalue weighted by atomic mass is 10.0. The van der Waals surface area contributed by atoms with Gasteiger partial charge in [0.25, 0.3) is 0 Å². The van der Waals surface area contributed by atoms with Crippen LogP contribution in [0.25, 0.3) is 21.8 Å². The van der Waals surface area contributed by atoms with Crippen molar-refractivity contribution in [2.45, 2.75) is 20.5 Å². The Labute approximate surface area is 243 Å². The first-order valence-corrected chi connectivity index (χ1v) is 14.2. The molecule has 1 heterocycles. The molecule has 4 aromatic carbocycles. The quantitative estimate of drug-likeness (QED) is 0.0671. The fourth-order valence-corrected chi connectivity index (χ4v) is 4.63. The van der Waals surface area contributed by atoms with Gasteiger partial charge >= 0.3 is 11.9 Å². The van der Waals surface area contributed by atoms with Crippen LogP contribution < -0.4 is 9.30 Å². The van der Waals surface area contributed by atoms with Crippen LogP contribution in [0.15, 0.2) is 91.0 Å². The van der Waals surface area contributed by atoms with Crippen LogP contribution in [0.1, 0.15) is 37.4 Å². The Morgan fingerprint density at radius 3 is 1.76 bits per heavy atom. The lowest BCUT2D eigenvalue weighted by molar-refractivity contribution is -0.617. The molecule has 0 radical (unpaired) electrons. The van der Waals surface area contributed by atoms with Gasteiger partial charge in [0, 0.05) is 12.1 Å². The molecule has 0 atom stereocenters. The zero-order valence-electron chi connectivity index (χ0n) is 23.5. The first-order valence-electron chi connectivity index (χ1n) is 12.9. The van der Waals surface area contributed by atoms with E-state index in [2.05, 4.69) is 8.75 Å². The number of carbonyl (C=O) groups is 2. The van der Waals surface area contributed by atoms with Gasteiger partial charge < -0.3 is 14.0 Å². The SMILES string of the molecule is COS(=O)(=O)[O-].Cc1cc(C(=O)OCc2ccccc2)cc(C)c1OC(=O)c1c2ccccc2[n+](C)c2ccccc12. The minimum Gasteiger partial charge on any atom is -0.726 e. The molecule has 5 aromatic rings. The molecule has 0 saturated heterocycles. The predicted molar refractivity (Wildman–Crippen MR) is 156 cm³/mol. The first-order chi connectivity index (χ1) is 20.0. The largest absolute Gasteiger partial charge is 0.726 e.